The van der Waals surface area contributed by atoms with Crippen molar-refractivity contribution in [2.24, 2.45) is 0 Å². The van der Waals surface area contributed by atoms with Gasteiger partial charge in [-0.05, 0) is 42.5 Å². The van der Waals surface area contributed by atoms with E-state index in [0.717, 1.165) is 17.5 Å². The third kappa shape index (κ3) is 3.18. The molecule has 3 heteroatoms. The van der Waals surface area contributed by atoms with Gasteiger partial charge in [0.15, 0.2) is 5.78 Å². The fourth-order valence-corrected chi connectivity index (χ4v) is 2.60. The van der Waals surface area contributed by atoms with Crippen LogP contribution in [0.2, 0.25) is 5.02 Å². The van der Waals surface area contributed by atoms with Crippen LogP contribution >= 0.6 is 22.9 Å². The van der Waals surface area contributed by atoms with Crippen LogP contribution < -0.4 is 0 Å². The molecule has 0 fully saturated rings. The molecule has 0 amide bonds. The molecule has 1 heterocycles. The SMILES string of the molecule is Cc1ccc(Cl)cc1C(=O)CCc1cccs1. The molecule has 0 atom stereocenters. The highest BCUT2D eigenvalue weighted by Gasteiger charge is 2.10. The Labute approximate surface area is 110 Å². The summed E-state index contributed by atoms with van der Waals surface area (Å²) in [6.07, 6.45) is 1.35. The van der Waals surface area contributed by atoms with Gasteiger partial charge in [0, 0.05) is 21.9 Å². The Morgan fingerprint density at radius 2 is 2.18 bits per heavy atom. The van der Waals surface area contributed by atoms with Crippen molar-refractivity contribution in [3.8, 4) is 0 Å². The molecule has 17 heavy (non-hydrogen) atoms. The van der Waals surface area contributed by atoms with Crippen LogP contribution in [0.1, 0.15) is 27.2 Å². The minimum Gasteiger partial charge on any atom is -0.294 e. The van der Waals surface area contributed by atoms with Crippen molar-refractivity contribution in [3.63, 3.8) is 0 Å². The maximum atomic E-state index is 12.1. The lowest BCUT2D eigenvalue weighted by atomic mass is 10.0. The van der Waals surface area contributed by atoms with E-state index in [-0.39, 0.29) is 5.78 Å². The van der Waals surface area contributed by atoms with E-state index in [1.807, 2.05) is 30.5 Å². The van der Waals surface area contributed by atoms with Crippen LogP contribution in [0, 0.1) is 6.92 Å². The largest absolute Gasteiger partial charge is 0.294 e. The number of Topliss-reactive ketones (excluding diaryl/α,β-unsaturated/α-hetero) is 1. The number of hydrogen-bond donors (Lipinski definition) is 0. The van der Waals surface area contributed by atoms with Crippen LogP contribution in [0.15, 0.2) is 35.7 Å². The Bertz CT molecular complexity index is 517. The van der Waals surface area contributed by atoms with Crippen LogP contribution in [-0.4, -0.2) is 5.78 Å². The van der Waals surface area contributed by atoms with Crippen molar-refractivity contribution >= 4 is 28.7 Å². The molecular weight excluding hydrogens is 252 g/mol. The highest BCUT2D eigenvalue weighted by atomic mass is 35.5. The minimum absolute atomic E-state index is 0.165. The quantitative estimate of drug-likeness (QED) is 0.742. The maximum absolute atomic E-state index is 12.1. The molecule has 88 valence electrons. The number of thiophene rings is 1. The minimum atomic E-state index is 0.165. The molecule has 2 rings (SSSR count). The summed E-state index contributed by atoms with van der Waals surface area (Å²) < 4.78 is 0. The standard InChI is InChI=1S/C14H13ClOS/c1-10-4-5-11(15)9-13(10)14(16)7-6-12-3-2-8-17-12/h2-5,8-9H,6-7H2,1H3. The Kier molecular flexibility index (Phi) is 3.97. The molecule has 0 radical (unpaired) electrons. The van der Waals surface area contributed by atoms with Crippen LogP contribution in [0.25, 0.3) is 0 Å². The van der Waals surface area contributed by atoms with Crippen molar-refractivity contribution in [3.05, 3.63) is 56.7 Å². The lowest BCUT2D eigenvalue weighted by Gasteiger charge is -2.04. The molecule has 0 saturated carbocycles. The second-order valence-electron chi connectivity index (χ2n) is 3.96. The molecule has 0 N–H and O–H groups in total. The van der Waals surface area contributed by atoms with Crippen molar-refractivity contribution in [2.75, 3.05) is 0 Å². The number of halogens is 1. The molecule has 2 aromatic rings. The van der Waals surface area contributed by atoms with Gasteiger partial charge < -0.3 is 0 Å². The third-order valence-electron chi connectivity index (χ3n) is 2.68. The third-order valence-corrected chi connectivity index (χ3v) is 3.85. The van der Waals surface area contributed by atoms with Gasteiger partial charge in [0.1, 0.15) is 0 Å². The average molecular weight is 265 g/mol. The normalized spacial score (nSPS) is 10.5. The first-order valence-electron chi connectivity index (χ1n) is 5.48. The first-order chi connectivity index (χ1) is 8.16. The molecule has 0 bridgehead atoms. The Balaban J connectivity index is 2.07. The summed E-state index contributed by atoms with van der Waals surface area (Å²) in [5, 5.41) is 2.65. The summed E-state index contributed by atoms with van der Waals surface area (Å²) in [5.41, 5.74) is 1.74. The van der Waals surface area contributed by atoms with Crippen molar-refractivity contribution in [2.45, 2.75) is 19.8 Å². The molecular formula is C14H13ClOS. The fraction of sp³-hybridized carbons (Fsp3) is 0.214. The number of carbonyl (C=O) groups excluding carboxylic acids is 1. The monoisotopic (exact) mass is 264 g/mol. The second kappa shape index (κ2) is 5.48. The lowest BCUT2D eigenvalue weighted by Crippen LogP contribution is -2.03. The molecule has 0 spiro atoms. The van der Waals surface area contributed by atoms with Crippen LogP contribution in [-0.2, 0) is 6.42 Å². The molecule has 0 aliphatic carbocycles. The molecule has 0 aliphatic heterocycles. The van der Waals surface area contributed by atoms with E-state index in [1.54, 1.807) is 17.4 Å². The van der Waals surface area contributed by atoms with E-state index >= 15 is 0 Å². The molecule has 0 unspecified atom stereocenters. The highest BCUT2D eigenvalue weighted by Crippen LogP contribution is 2.19. The number of rotatable bonds is 4. The zero-order valence-corrected chi connectivity index (χ0v) is 11.1. The van der Waals surface area contributed by atoms with Crippen LogP contribution in [0.3, 0.4) is 0 Å². The summed E-state index contributed by atoms with van der Waals surface area (Å²) in [6, 6.07) is 9.53. The summed E-state index contributed by atoms with van der Waals surface area (Å²) in [6.45, 7) is 1.94. The van der Waals surface area contributed by atoms with E-state index in [9.17, 15) is 4.79 Å². The smallest absolute Gasteiger partial charge is 0.163 e. The van der Waals surface area contributed by atoms with Crippen molar-refractivity contribution in [1.82, 2.24) is 0 Å². The predicted octanol–water partition coefficient (Wildman–Crippen LogP) is 4.53. The Morgan fingerprint density at radius 3 is 2.88 bits per heavy atom. The number of carbonyl (C=O) groups is 1. The number of hydrogen-bond acceptors (Lipinski definition) is 2. The van der Waals surface area contributed by atoms with Crippen molar-refractivity contribution < 1.29 is 4.79 Å². The predicted molar refractivity (Wildman–Crippen MR) is 73.2 cm³/mol. The fourth-order valence-electron chi connectivity index (χ4n) is 1.72. The van der Waals surface area contributed by atoms with E-state index in [0.29, 0.717) is 11.4 Å². The average Bonchev–Trinajstić information content (AvgIpc) is 2.82. The Hall–Kier alpha value is -1.12. The van der Waals surface area contributed by atoms with E-state index in [2.05, 4.69) is 6.07 Å². The van der Waals surface area contributed by atoms with Gasteiger partial charge in [0.05, 0.1) is 0 Å². The van der Waals surface area contributed by atoms with Gasteiger partial charge in [-0.3, -0.25) is 4.79 Å². The van der Waals surface area contributed by atoms with Gasteiger partial charge in [-0.15, -0.1) is 11.3 Å². The number of benzene rings is 1. The Morgan fingerprint density at radius 1 is 1.35 bits per heavy atom. The summed E-state index contributed by atoms with van der Waals surface area (Å²) in [4.78, 5) is 13.3. The zero-order chi connectivity index (χ0) is 12.3. The van der Waals surface area contributed by atoms with Crippen LogP contribution in [0.4, 0.5) is 0 Å². The lowest BCUT2D eigenvalue weighted by molar-refractivity contribution is 0.0982. The van der Waals surface area contributed by atoms with Gasteiger partial charge in [0.25, 0.3) is 0 Å². The highest BCUT2D eigenvalue weighted by molar-refractivity contribution is 7.09. The number of ketones is 1. The zero-order valence-electron chi connectivity index (χ0n) is 9.57. The van der Waals surface area contributed by atoms with Crippen LogP contribution in [0.5, 0.6) is 0 Å². The summed E-state index contributed by atoms with van der Waals surface area (Å²) >= 11 is 7.60. The van der Waals surface area contributed by atoms with Gasteiger partial charge >= 0.3 is 0 Å². The molecule has 0 saturated heterocycles. The summed E-state index contributed by atoms with van der Waals surface area (Å²) in [7, 11) is 0. The summed E-state index contributed by atoms with van der Waals surface area (Å²) in [5.74, 6) is 0.165. The number of aryl methyl sites for hydroxylation is 2. The first kappa shape index (κ1) is 12.3. The van der Waals surface area contributed by atoms with Gasteiger partial charge in [-0.2, -0.15) is 0 Å². The van der Waals surface area contributed by atoms with E-state index in [1.165, 1.54) is 4.88 Å². The van der Waals surface area contributed by atoms with E-state index in [4.69, 9.17) is 11.6 Å². The van der Waals surface area contributed by atoms with Gasteiger partial charge in [0.2, 0.25) is 0 Å². The maximum Gasteiger partial charge on any atom is 0.163 e. The van der Waals surface area contributed by atoms with Crippen molar-refractivity contribution in [1.29, 1.82) is 0 Å². The molecule has 1 aromatic heterocycles. The van der Waals surface area contributed by atoms with E-state index < -0.39 is 0 Å². The second-order valence-corrected chi connectivity index (χ2v) is 5.43. The van der Waals surface area contributed by atoms with Gasteiger partial charge in [-0.1, -0.05) is 23.7 Å². The molecule has 1 aromatic carbocycles. The topological polar surface area (TPSA) is 17.1 Å². The van der Waals surface area contributed by atoms with Gasteiger partial charge in [-0.25, -0.2) is 0 Å². The molecule has 1 nitrogen and oxygen atoms in total. The molecule has 0 aliphatic rings. The first-order valence-corrected chi connectivity index (χ1v) is 6.74.